The van der Waals surface area contributed by atoms with Gasteiger partial charge in [0.15, 0.2) is 0 Å². The summed E-state index contributed by atoms with van der Waals surface area (Å²) in [7, 11) is 0. The minimum Gasteiger partial charge on any atom is -0.318 e. The molecule has 0 fully saturated rings. The number of aryl methyl sites for hydroxylation is 2. The van der Waals surface area contributed by atoms with Crippen LogP contribution in [0.5, 0.6) is 0 Å². The molecule has 0 aliphatic rings. The van der Waals surface area contributed by atoms with E-state index in [9.17, 15) is 0 Å². The number of hydrogen-bond acceptors (Lipinski definition) is 3. The van der Waals surface area contributed by atoms with Gasteiger partial charge in [-0.05, 0) is 30.0 Å². The molecule has 2 N–H and O–H groups in total. The summed E-state index contributed by atoms with van der Waals surface area (Å²) in [5, 5.41) is 0. The van der Waals surface area contributed by atoms with Crippen LogP contribution in [-0.4, -0.2) is 9.97 Å². The molecule has 2 rings (SSSR count). The van der Waals surface area contributed by atoms with E-state index < -0.39 is 0 Å². The predicted octanol–water partition coefficient (Wildman–Crippen LogP) is 2.40. The smallest absolute Gasteiger partial charge is 0.149 e. The van der Waals surface area contributed by atoms with Crippen LogP contribution in [0.4, 0.5) is 0 Å². The van der Waals surface area contributed by atoms with Gasteiger partial charge in [-0.2, -0.15) is 0 Å². The first-order valence-corrected chi connectivity index (χ1v) is 5.83. The minimum absolute atomic E-state index is 0.249. The summed E-state index contributed by atoms with van der Waals surface area (Å²) in [5.74, 6) is 0.667. The van der Waals surface area contributed by atoms with Gasteiger partial charge >= 0.3 is 0 Å². The van der Waals surface area contributed by atoms with Crippen molar-refractivity contribution in [2.75, 3.05) is 0 Å². The van der Waals surface area contributed by atoms with E-state index in [1.807, 2.05) is 19.1 Å². The Hall–Kier alpha value is -1.74. The van der Waals surface area contributed by atoms with Gasteiger partial charge in [0, 0.05) is 12.4 Å². The number of benzene rings is 1. The van der Waals surface area contributed by atoms with Crippen LogP contribution in [0.2, 0.25) is 0 Å². The van der Waals surface area contributed by atoms with Crippen LogP contribution in [0.3, 0.4) is 0 Å². The molecule has 0 aliphatic carbocycles. The molecule has 1 aromatic carbocycles. The predicted molar refractivity (Wildman–Crippen MR) is 68.6 cm³/mol. The molecule has 0 saturated heterocycles. The first-order chi connectivity index (χ1) is 8.20. The average molecular weight is 227 g/mol. The summed E-state index contributed by atoms with van der Waals surface area (Å²) >= 11 is 0. The quantitative estimate of drug-likeness (QED) is 0.876. The zero-order valence-electron chi connectivity index (χ0n) is 10.2. The van der Waals surface area contributed by atoms with Gasteiger partial charge in [0.2, 0.25) is 0 Å². The molecule has 0 spiro atoms. The van der Waals surface area contributed by atoms with Gasteiger partial charge in [-0.1, -0.05) is 31.2 Å². The molecule has 0 aliphatic heterocycles. The Morgan fingerprint density at radius 3 is 2.24 bits per heavy atom. The van der Waals surface area contributed by atoms with E-state index in [1.165, 1.54) is 5.56 Å². The highest BCUT2D eigenvalue weighted by molar-refractivity contribution is 5.28. The van der Waals surface area contributed by atoms with Gasteiger partial charge in [0.05, 0.1) is 6.04 Å². The molecule has 17 heavy (non-hydrogen) atoms. The molecular formula is C14H17N3. The molecular weight excluding hydrogens is 210 g/mol. The second-order valence-electron chi connectivity index (χ2n) is 4.19. The lowest BCUT2D eigenvalue weighted by molar-refractivity contribution is 0.777. The third-order valence-electron chi connectivity index (χ3n) is 2.83. The van der Waals surface area contributed by atoms with E-state index in [0.717, 1.165) is 17.5 Å². The van der Waals surface area contributed by atoms with Crippen molar-refractivity contribution in [2.24, 2.45) is 5.73 Å². The lowest BCUT2D eigenvalue weighted by atomic mass is 10.0. The van der Waals surface area contributed by atoms with Crippen LogP contribution in [0.15, 0.2) is 36.7 Å². The maximum Gasteiger partial charge on any atom is 0.149 e. The Labute approximate surface area is 102 Å². The Kier molecular flexibility index (Phi) is 3.49. The van der Waals surface area contributed by atoms with Crippen LogP contribution in [0.25, 0.3) is 0 Å². The van der Waals surface area contributed by atoms with Crippen molar-refractivity contribution in [1.29, 1.82) is 0 Å². The molecule has 0 radical (unpaired) electrons. The van der Waals surface area contributed by atoms with Gasteiger partial charge in [-0.25, -0.2) is 9.97 Å². The third kappa shape index (κ3) is 2.68. The fraction of sp³-hybridized carbons (Fsp3) is 0.286. The summed E-state index contributed by atoms with van der Waals surface area (Å²) in [5.41, 5.74) is 9.53. The van der Waals surface area contributed by atoms with Crippen molar-refractivity contribution in [3.63, 3.8) is 0 Å². The van der Waals surface area contributed by atoms with Crippen LogP contribution < -0.4 is 5.73 Å². The van der Waals surface area contributed by atoms with E-state index in [2.05, 4.69) is 29.0 Å². The van der Waals surface area contributed by atoms with E-state index in [1.54, 1.807) is 12.4 Å². The number of hydrogen-bond donors (Lipinski definition) is 1. The Bertz CT molecular complexity index is 474. The molecule has 1 heterocycles. The van der Waals surface area contributed by atoms with Crippen molar-refractivity contribution in [3.8, 4) is 0 Å². The molecule has 0 amide bonds. The molecule has 1 unspecified atom stereocenters. The summed E-state index contributed by atoms with van der Waals surface area (Å²) in [6, 6.07) is 8.05. The van der Waals surface area contributed by atoms with Gasteiger partial charge < -0.3 is 5.73 Å². The van der Waals surface area contributed by atoms with Crippen molar-refractivity contribution in [1.82, 2.24) is 9.97 Å². The lowest BCUT2D eigenvalue weighted by Crippen LogP contribution is -2.15. The summed E-state index contributed by atoms with van der Waals surface area (Å²) in [6.45, 7) is 4.10. The topological polar surface area (TPSA) is 51.8 Å². The fourth-order valence-electron chi connectivity index (χ4n) is 1.67. The average Bonchev–Trinajstić information content (AvgIpc) is 2.39. The van der Waals surface area contributed by atoms with Gasteiger partial charge in [0.1, 0.15) is 5.82 Å². The van der Waals surface area contributed by atoms with Crippen LogP contribution in [-0.2, 0) is 6.42 Å². The highest BCUT2D eigenvalue weighted by Gasteiger charge is 2.11. The van der Waals surface area contributed by atoms with Crippen molar-refractivity contribution in [2.45, 2.75) is 26.3 Å². The molecule has 3 heteroatoms. The largest absolute Gasteiger partial charge is 0.318 e. The number of rotatable bonds is 3. The summed E-state index contributed by atoms with van der Waals surface area (Å²) in [4.78, 5) is 8.52. The Morgan fingerprint density at radius 1 is 1.12 bits per heavy atom. The van der Waals surface area contributed by atoms with Crippen LogP contribution in [0.1, 0.15) is 35.5 Å². The number of nitrogens with two attached hydrogens (primary N) is 1. The Balaban J connectivity index is 2.23. The Morgan fingerprint density at radius 2 is 1.71 bits per heavy atom. The van der Waals surface area contributed by atoms with Gasteiger partial charge in [0.25, 0.3) is 0 Å². The van der Waals surface area contributed by atoms with E-state index in [4.69, 9.17) is 5.73 Å². The first kappa shape index (κ1) is 11.7. The van der Waals surface area contributed by atoms with Crippen molar-refractivity contribution < 1.29 is 0 Å². The second kappa shape index (κ2) is 5.06. The number of nitrogens with zero attached hydrogens (tertiary/aromatic N) is 2. The standard InChI is InChI=1S/C14H17N3/c1-3-11-4-6-12(7-5-11)13(15)14-16-8-10(2)9-17-14/h4-9,13H,3,15H2,1-2H3. The van der Waals surface area contributed by atoms with Crippen LogP contribution in [0, 0.1) is 6.92 Å². The molecule has 0 saturated carbocycles. The molecule has 1 aromatic heterocycles. The normalized spacial score (nSPS) is 12.4. The van der Waals surface area contributed by atoms with E-state index in [0.29, 0.717) is 5.82 Å². The molecule has 2 aromatic rings. The van der Waals surface area contributed by atoms with Crippen molar-refractivity contribution in [3.05, 3.63) is 59.2 Å². The lowest BCUT2D eigenvalue weighted by Gasteiger charge is -2.11. The van der Waals surface area contributed by atoms with E-state index >= 15 is 0 Å². The third-order valence-corrected chi connectivity index (χ3v) is 2.83. The highest BCUT2D eigenvalue weighted by atomic mass is 14.9. The highest BCUT2D eigenvalue weighted by Crippen LogP contribution is 2.16. The first-order valence-electron chi connectivity index (χ1n) is 5.83. The van der Waals surface area contributed by atoms with Crippen LogP contribution >= 0.6 is 0 Å². The number of aromatic nitrogens is 2. The molecule has 3 nitrogen and oxygen atoms in total. The maximum atomic E-state index is 6.13. The zero-order chi connectivity index (χ0) is 12.3. The second-order valence-corrected chi connectivity index (χ2v) is 4.19. The summed E-state index contributed by atoms with van der Waals surface area (Å²) in [6.07, 6.45) is 4.63. The van der Waals surface area contributed by atoms with Gasteiger partial charge in [-0.3, -0.25) is 0 Å². The SMILES string of the molecule is CCc1ccc(C(N)c2ncc(C)cn2)cc1. The fourth-order valence-corrected chi connectivity index (χ4v) is 1.67. The monoisotopic (exact) mass is 227 g/mol. The molecule has 1 atom stereocenters. The van der Waals surface area contributed by atoms with Gasteiger partial charge in [-0.15, -0.1) is 0 Å². The summed E-state index contributed by atoms with van der Waals surface area (Å²) < 4.78 is 0. The molecule has 0 bridgehead atoms. The zero-order valence-corrected chi connectivity index (χ0v) is 10.2. The van der Waals surface area contributed by atoms with E-state index in [-0.39, 0.29) is 6.04 Å². The molecule has 88 valence electrons. The van der Waals surface area contributed by atoms with Crippen molar-refractivity contribution >= 4 is 0 Å². The maximum absolute atomic E-state index is 6.13. The minimum atomic E-state index is -0.249.